The van der Waals surface area contributed by atoms with Crippen LogP contribution in [0.15, 0.2) is 4.52 Å². The van der Waals surface area contributed by atoms with Crippen LogP contribution in [0.2, 0.25) is 0 Å². The van der Waals surface area contributed by atoms with Crippen molar-refractivity contribution in [2.24, 2.45) is 0 Å². The summed E-state index contributed by atoms with van der Waals surface area (Å²) in [5.74, 6) is 0.367. The summed E-state index contributed by atoms with van der Waals surface area (Å²) in [4.78, 5) is 18.4. The standard InChI is InChI=1S/C14H25N5O2/c1-3-9-19(4-2)10-8-16-13(20)12-17-14(21-18-12)11-6-5-7-15-11/h11,15H,3-10H2,1-2H3,(H,16,20). The molecular formula is C14H25N5O2. The molecule has 2 heterocycles. The van der Waals surface area contributed by atoms with E-state index in [1.54, 1.807) is 0 Å². The lowest BCUT2D eigenvalue weighted by molar-refractivity contribution is 0.0935. The van der Waals surface area contributed by atoms with Crippen LogP contribution in [0.3, 0.4) is 0 Å². The third kappa shape index (κ3) is 4.50. The molecule has 0 bridgehead atoms. The van der Waals surface area contributed by atoms with Crippen LogP contribution >= 0.6 is 0 Å². The number of carbonyl (C=O) groups is 1. The third-order valence-corrected chi connectivity index (χ3v) is 3.70. The summed E-state index contributed by atoms with van der Waals surface area (Å²) in [5, 5.41) is 9.87. The first kappa shape index (κ1) is 15.9. The molecule has 1 aliphatic heterocycles. The number of hydrogen-bond acceptors (Lipinski definition) is 6. The van der Waals surface area contributed by atoms with Crippen molar-refractivity contribution in [3.05, 3.63) is 11.7 Å². The Kier molecular flexibility index (Phi) is 6.13. The van der Waals surface area contributed by atoms with E-state index in [0.29, 0.717) is 12.4 Å². The molecule has 7 heteroatoms. The van der Waals surface area contributed by atoms with Gasteiger partial charge in [0.25, 0.3) is 11.7 Å². The van der Waals surface area contributed by atoms with Crippen LogP contribution in [0.1, 0.15) is 55.7 Å². The van der Waals surface area contributed by atoms with Gasteiger partial charge in [0, 0.05) is 13.1 Å². The van der Waals surface area contributed by atoms with E-state index < -0.39 is 0 Å². The van der Waals surface area contributed by atoms with Gasteiger partial charge in [0.15, 0.2) is 0 Å². The molecular weight excluding hydrogens is 270 g/mol. The molecule has 0 radical (unpaired) electrons. The van der Waals surface area contributed by atoms with Crippen LogP contribution in [0.25, 0.3) is 0 Å². The predicted molar refractivity (Wildman–Crippen MR) is 79.0 cm³/mol. The molecule has 1 amide bonds. The van der Waals surface area contributed by atoms with Crippen molar-refractivity contribution in [2.75, 3.05) is 32.7 Å². The third-order valence-electron chi connectivity index (χ3n) is 3.70. The zero-order chi connectivity index (χ0) is 15.1. The maximum Gasteiger partial charge on any atom is 0.292 e. The van der Waals surface area contributed by atoms with Gasteiger partial charge >= 0.3 is 0 Å². The molecule has 0 aliphatic carbocycles. The predicted octanol–water partition coefficient (Wildman–Crippen LogP) is 0.956. The summed E-state index contributed by atoms with van der Waals surface area (Å²) in [6.07, 6.45) is 3.19. The topological polar surface area (TPSA) is 83.3 Å². The number of hydrogen-bond donors (Lipinski definition) is 2. The summed E-state index contributed by atoms with van der Waals surface area (Å²) in [6.45, 7) is 8.70. The van der Waals surface area contributed by atoms with Gasteiger partial charge in [0.05, 0.1) is 6.04 Å². The number of carbonyl (C=O) groups excluding carboxylic acids is 1. The van der Waals surface area contributed by atoms with E-state index in [-0.39, 0.29) is 17.8 Å². The van der Waals surface area contributed by atoms with Crippen molar-refractivity contribution in [3.63, 3.8) is 0 Å². The van der Waals surface area contributed by atoms with Crippen LogP contribution < -0.4 is 10.6 Å². The SMILES string of the molecule is CCCN(CC)CCNC(=O)c1noc(C2CCCN2)n1. The zero-order valence-electron chi connectivity index (χ0n) is 12.9. The number of nitrogens with one attached hydrogen (secondary N) is 2. The first-order chi connectivity index (χ1) is 10.2. The molecule has 1 unspecified atom stereocenters. The van der Waals surface area contributed by atoms with E-state index in [9.17, 15) is 4.79 Å². The quantitative estimate of drug-likeness (QED) is 0.743. The van der Waals surface area contributed by atoms with Gasteiger partial charge in [-0.25, -0.2) is 0 Å². The zero-order valence-corrected chi connectivity index (χ0v) is 12.9. The summed E-state index contributed by atoms with van der Waals surface area (Å²) in [5.41, 5.74) is 0. The molecule has 1 fully saturated rings. The highest BCUT2D eigenvalue weighted by Gasteiger charge is 2.24. The molecule has 2 N–H and O–H groups in total. The van der Waals surface area contributed by atoms with Crippen molar-refractivity contribution in [1.82, 2.24) is 25.7 Å². The van der Waals surface area contributed by atoms with Crippen molar-refractivity contribution in [2.45, 2.75) is 39.2 Å². The maximum atomic E-state index is 12.0. The normalized spacial score (nSPS) is 18.3. The average Bonchev–Trinajstić information content (AvgIpc) is 3.16. The highest BCUT2D eigenvalue weighted by molar-refractivity contribution is 5.90. The van der Waals surface area contributed by atoms with Gasteiger partial charge in [-0.3, -0.25) is 4.79 Å². The van der Waals surface area contributed by atoms with E-state index in [2.05, 4.69) is 39.5 Å². The molecule has 0 saturated carbocycles. The largest absolute Gasteiger partial charge is 0.348 e. The molecule has 1 atom stereocenters. The molecule has 1 saturated heterocycles. The molecule has 2 rings (SSSR count). The van der Waals surface area contributed by atoms with E-state index in [0.717, 1.165) is 45.4 Å². The second-order valence-corrected chi connectivity index (χ2v) is 5.30. The average molecular weight is 295 g/mol. The Morgan fingerprint density at radius 1 is 1.48 bits per heavy atom. The smallest absolute Gasteiger partial charge is 0.292 e. The minimum Gasteiger partial charge on any atom is -0.348 e. The molecule has 0 aromatic carbocycles. The fraction of sp³-hybridized carbons (Fsp3) is 0.786. The summed E-state index contributed by atoms with van der Waals surface area (Å²) < 4.78 is 5.16. The van der Waals surface area contributed by atoms with Gasteiger partial charge in [-0.2, -0.15) is 4.98 Å². The number of rotatable bonds is 8. The van der Waals surface area contributed by atoms with Crippen LogP contribution in [0.5, 0.6) is 0 Å². The Balaban J connectivity index is 1.77. The van der Waals surface area contributed by atoms with Crippen LogP contribution in [-0.4, -0.2) is 53.7 Å². The monoisotopic (exact) mass is 295 g/mol. The summed E-state index contributed by atoms with van der Waals surface area (Å²) >= 11 is 0. The molecule has 1 aliphatic rings. The second kappa shape index (κ2) is 8.09. The lowest BCUT2D eigenvalue weighted by Gasteiger charge is -2.19. The second-order valence-electron chi connectivity index (χ2n) is 5.30. The number of aromatic nitrogens is 2. The lowest BCUT2D eigenvalue weighted by atomic mass is 10.2. The lowest BCUT2D eigenvalue weighted by Crippen LogP contribution is -2.35. The van der Waals surface area contributed by atoms with Gasteiger partial charge < -0.3 is 20.1 Å². The fourth-order valence-electron chi connectivity index (χ4n) is 2.52. The van der Waals surface area contributed by atoms with Crippen LogP contribution in [0.4, 0.5) is 0 Å². The van der Waals surface area contributed by atoms with E-state index in [1.807, 2.05) is 0 Å². The van der Waals surface area contributed by atoms with E-state index >= 15 is 0 Å². The Morgan fingerprint density at radius 3 is 3.00 bits per heavy atom. The fourth-order valence-corrected chi connectivity index (χ4v) is 2.52. The maximum absolute atomic E-state index is 12.0. The highest BCUT2D eigenvalue weighted by Crippen LogP contribution is 2.20. The minimum absolute atomic E-state index is 0.0965. The minimum atomic E-state index is -0.268. The van der Waals surface area contributed by atoms with Crippen molar-refractivity contribution < 1.29 is 9.32 Å². The van der Waals surface area contributed by atoms with Gasteiger partial charge in [-0.1, -0.05) is 19.0 Å². The first-order valence-corrected chi connectivity index (χ1v) is 7.82. The van der Waals surface area contributed by atoms with Crippen LogP contribution in [-0.2, 0) is 0 Å². The Bertz CT molecular complexity index is 442. The molecule has 7 nitrogen and oxygen atoms in total. The number of amides is 1. The molecule has 118 valence electrons. The summed E-state index contributed by atoms with van der Waals surface area (Å²) in [6, 6.07) is 0.0965. The van der Waals surface area contributed by atoms with Gasteiger partial charge in [-0.15, -0.1) is 0 Å². The number of nitrogens with zero attached hydrogens (tertiary/aromatic N) is 3. The van der Waals surface area contributed by atoms with Gasteiger partial charge in [0.1, 0.15) is 0 Å². The van der Waals surface area contributed by atoms with E-state index in [1.165, 1.54) is 0 Å². The highest BCUT2D eigenvalue weighted by atomic mass is 16.5. The van der Waals surface area contributed by atoms with Crippen molar-refractivity contribution in [1.29, 1.82) is 0 Å². The summed E-state index contributed by atoms with van der Waals surface area (Å²) in [7, 11) is 0. The van der Waals surface area contributed by atoms with Gasteiger partial charge in [0.2, 0.25) is 5.89 Å². The van der Waals surface area contributed by atoms with Gasteiger partial charge in [-0.05, 0) is 38.9 Å². The van der Waals surface area contributed by atoms with E-state index in [4.69, 9.17) is 4.52 Å². The van der Waals surface area contributed by atoms with Crippen molar-refractivity contribution in [3.8, 4) is 0 Å². The Hall–Kier alpha value is -1.47. The number of likely N-dealkylation sites (N-methyl/N-ethyl adjacent to an activating group) is 1. The Morgan fingerprint density at radius 2 is 2.33 bits per heavy atom. The first-order valence-electron chi connectivity index (χ1n) is 7.82. The van der Waals surface area contributed by atoms with Crippen LogP contribution in [0, 0.1) is 0 Å². The Labute approximate surface area is 125 Å². The van der Waals surface area contributed by atoms with Crippen molar-refractivity contribution >= 4 is 5.91 Å². The molecule has 0 spiro atoms. The molecule has 21 heavy (non-hydrogen) atoms. The molecule has 1 aromatic rings. The molecule has 1 aromatic heterocycles.